The molecule has 2 aliphatic heterocycles. The first-order valence-corrected chi connectivity index (χ1v) is 13.4. The third-order valence-electron chi connectivity index (χ3n) is 5.28. The van der Waals surface area contributed by atoms with E-state index in [0.29, 0.717) is 5.57 Å². The minimum atomic E-state index is -1.32. The fourth-order valence-electron chi connectivity index (χ4n) is 3.61. The molecule has 0 aromatic carbocycles. The van der Waals surface area contributed by atoms with Crippen molar-refractivity contribution in [2.75, 3.05) is 24.3 Å². The zero-order chi connectivity index (χ0) is 27.6. The van der Waals surface area contributed by atoms with Crippen molar-refractivity contribution in [3.63, 3.8) is 0 Å². The van der Waals surface area contributed by atoms with Crippen molar-refractivity contribution < 1.29 is 34.2 Å². The van der Waals surface area contributed by atoms with Crippen molar-refractivity contribution in [2.24, 2.45) is 5.16 Å². The number of aromatic nitrogens is 5. The number of thioether (sulfide) groups is 2. The van der Waals surface area contributed by atoms with Crippen LogP contribution in [0.15, 0.2) is 39.6 Å². The number of carboxylic acid groups (broad SMARTS) is 2. The Morgan fingerprint density at radius 1 is 1.45 bits per heavy atom. The molecule has 16 nitrogen and oxygen atoms in total. The molecule has 0 bridgehead atoms. The van der Waals surface area contributed by atoms with E-state index in [1.807, 2.05) is 0 Å². The zero-order valence-corrected chi connectivity index (χ0v) is 21.8. The van der Waals surface area contributed by atoms with Crippen LogP contribution in [0.5, 0.6) is 0 Å². The highest BCUT2D eigenvalue weighted by atomic mass is 32.2. The minimum absolute atomic E-state index is 0.0713. The number of nitrogens with zero attached hydrogens (tertiary/aromatic N) is 7. The number of anilines is 1. The maximum absolute atomic E-state index is 13.0. The third-order valence-corrected chi connectivity index (χ3v) is 8.31. The van der Waals surface area contributed by atoms with E-state index in [4.69, 9.17) is 10.6 Å². The minimum Gasteiger partial charge on any atom is -0.479 e. The fourth-order valence-corrected chi connectivity index (χ4v) is 6.55. The molecule has 19 heteroatoms. The predicted molar refractivity (Wildman–Crippen MR) is 135 cm³/mol. The highest BCUT2D eigenvalue weighted by Crippen LogP contribution is 2.41. The van der Waals surface area contributed by atoms with Crippen LogP contribution < -0.4 is 11.1 Å². The maximum atomic E-state index is 13.0. The molecular formula is C19H19N9O7S3. The first-order chi connectivity index (χ1) is 18.2. The smallest absolute Gasteiger partial charge is 0.352 e. The Morgan fingerprint density at radius 2 is 2.21 bits per heavy atom. The summed E-state index contributed by atoms with van der Waals surface area (Å²) in [6.07, 6.45) is 1.16. The molecule has 0 aliphatic carbocycles. The number of β-lactam (4-membered cyclic amide) rings is 1. The maximum Gasteiger partial charge on any atom is 0.352 e. The Morgan fingerprint density at radius 3 is 2.82 bits per heavy atom. The van der Waals surface area contributed by atoms with Crippen LogP contribution in [0.2, 0.25) is 0 Å². The molecule has 1 saturated heterocycles. The van der Waals surface area contributed by atoms with Gasteiger partial charge in [-0.3, -0.25) is 14.5 Å². The van der Waals surface area contributed by atoms with Crippen LogP contribution in [0.25, 0.3) is 0 Å². The average molecular weight is 582 g/mol. The number of hydrogen-bond donors (Lipinski definition) is 4. The van der Waals surface area contributed by atoms with Crippen molar-refractivity contribution in [1.29, 1.82) is 0 Å². The van der Waals surface area contributed by atoms with Crippen molar-refractivity contribution in [3.8, 4) is 0 Å². The monoisotopic (exact) mass is 581 g/mol. The third kappa shape index (κ3) is 5.07. The normalized spacial score (nSPS) is 19.9. The van der Waals surface area contributed by atoms with E-state index >= 15 is 0 Å². The molecule has 38 heavy (non-hydrogen) atoms. The molecule has 0 radical (unpaired) electrons. The van der Waals surface area contributed by atoms with Gasteiger partial charge in [-0.15, -0.1) is 34.8 Å². The Labute approximate surface area is 226 Å². The van der Waals surface area contributed by atoms with Crippen LogP contribution in [-0.2, 0) is 24.0 Å². The van der Waals surface area contributed by atoms with Crippen LogP contribution in [0.3, 0.4) is 0 Å². The highest BCUT2D eigenvalue weighted by Gasteiger charge is 2.54. The van der Waals surface area contributed by atoms with E-state index in [1.165, 1.54) is 24.3 Å². The molecule has 2 aliphatic rings. The van der Waals surface area contributed by atoms with Crippen LogP contribution >= 0.6 is 34.9 Å². The number of aliphatic carboxylic acids is 2. The number of carbonyl (C=O) groups is 4. The number of tetrazole rings is 1. The summed E-state index contributed by atoms with van der Waals surface area (Å²) in [4.78, 5) is 59.2. The van der Waals surface area contributed by atoms with E-state index in [9.17, 15) is 29.4 Å². The van der Waals surface area contributed by atoms with E-state index in [1.54, 1.807) is 0 Å². The second-order valence-corrected chi connectivity index (χ2v) is 10.5. The van der Waals surface area contributed by atoms with Crippen LogP contribution in [0.4, 0.5) is 5.13 Å². The lowest BCUT2D eigenvalue weighted by Gasteiger charge is -2.49. The predicted octanol–water partition coefficient (Wildman–Crippen LogP) is -0.595. The molecule has 2 unspecified atom stereocenters. The Kier molecular flexibility index (Phi) is 7.97. The topological polar surface area (TPSA) is 228 Å². The van der Waals surface area contributed by atoms with E-state index in [2.05, 4.69) is 37.6 Å². The molecule has 3 atom stereocenters. The number of nitrogens with one attached hydrogen (secondary N) is 1. The van der Waals surface area contributed by atoms with Gasteiger partial charge in [0.05, 0.1) is 0 Å². The second-order valence-electron chi connectivity index (χ2n) is 7.53. The number of fused-ring (bicyclic) bond motifs is 1. The van der Waals surface area contributed by atoms with Crippen molar-refractivity contribution in [1.82, 2.24) is 35.4 Å². The number of amides is 2. The van der Waals surface area contributed by atoms with Gasteiger partial charge in [-0.25, -0.2) is 19.3 Å². The van der Waals surface area contributed by atoms with Gasteiger partial charge in [0.15, 0.2) is 16.9 Å². The van der Waals surface area contributed by atoms with Crippen LogP contribution in [-0.4, -0.2) is 99.8 Å². The number of nitrogen functional groups attached to an aromatic ring is 1. The van der Waals surface area contributed by atoms with Gasteiger partial charge in [0.25, 0.3) is 11.8 Å². The lowest BCUT2D eigenvalue weighted by molar-refractivity contribution is -0.150. The zero-order valence-electron chi connectivity index (χ0n) is 19.4. The molecule has 1 fully saturated rings. The number of carbonyl (C=O) groups excluding carboxylic acids is 2. The Hall–Kier alpha value is -3.97. The Balaban J connectivity index is 1.50. The molecule has 4 heterocycles. The average Bonchev–Trinajstić information content (AvgIpc) is 3.52. The fraction of sp³-hybridized carbons (Fsp3) is 0.316. The van der Waals surface area contributed by atoms with Crippen molar-refractivity contribution in [3.05, 3.63) is 35.0 Å². The molecule has 4 rings (SSSR count). The summed E-state index contributed by atoms with van der Waals surface area (Å²) in [6, 6.07) is -2.22. The summed E-state index contributed by atoms with van der Waals surface area (Å²) in [5.74, 6) is -3.60. The molecule has 2 aromatic rings. The highest BCUT2D eigenvalue weighted by molar-refractivity contribution is 8.01. The molecule has 5 N–H and O–H groups in total. The molecule has 200 valence electrons. The summed E-state index contributed by atoms with van der Waals surface area (Å²) < 4.78 is 1.05. The van der Waals surface area contributed by atoms with Gasteiger partial charge >= 0.3 is 11.9 Å². The number of rotatable bonds is 11. The van der Waals surface area contributed by atoms with Crippen molar-refractivity contribution in [2.45, 2.75) is 22.6 Å². The van der Waals surface area contributed by atoms with Gasteiger partial charge in [0, 0.05) is 16.9 Å². The summed E-state index contributed by atoms with van der Waals surface area (Å²) in [6.45, 7) is 3.47. The largest absolute Gasteiger partial charge is 0.479 e. The van der Waals surface area contributed by atoms with Gasteiger partial charge in [-0.1, -0.05) is 23.0 Å². The van der Waals surface area contributed by atoms with Crippen LogP contribution in [0, 0.1) is 0 Å². The SMILES string of the molecule is C=CC(C(=O)O)n1nnnc1SCC1=C(C(=O)O)N2C(=O)C(NC(=O)C(=NOC)c3csc(N)n3)[C@H]2SC1. The number of thiazole rings is 1. The summed E-state index contributed by atoms with van der Waals surface area (Å²) in [7, 11) is 1.25. The van der Waals surface area contributed by atoms with Gasteiger partial charge in [0.1, 0.15) is 29.9 Å². The summed E-state index contributed by atoms with van der Waals surface area (Å²) in [5, 5.41) is 37.6. The van der Waals surface area contributed by atoms with Gasteiger partial charge in [-0.2, -0.15) is 0 Å². The molecule has 2 amide bonds. The van der Waals surface area contributed by atoms with E-state index in [-0.39, 0.29) is 38.9 Å². The van der Waals surface area contributed by atoms with Crippen LogP contribution in [0.1, 0.15) is 11.7 Å². The first kappa shape index (κ1) is 27.1. The van der Waals surface area contributed by atoms with E-state index in [0.717, 1.165) is 38.8 Å². The standard InChI is InChI=1S/C19H19N9O7S3/c1-3-9(16(31)32)28-19(23-25-26-28)38-5-7-4-36-15-11(14(30)27(15)12(7)17(33)34)22-13(29)10(24-35-2)8-6-37-18(20)21-8/h3,6,9,11,15H,1,4-5H2,2H3,(H2,20,21)(H,22,29)(H,31,32)(H,33,34)/t9?,11?,15-/m1/s1. The summed E-state index contributed by atoms with van der Waals surface area (Å²) >= 11 is 3.38. The van der Waals surface area contributed by atoms with Gasteiger partial charge < -0.3 is 26.1 Å². The first-order valence-electron chi connectivity index (χ1n) is 10.5. The number of carboxylic acids is 2. The molecule has 0 saturated carbocycles. The number of oxime groups is 1. The number of hydrogen-bond acceptors (Lipinski definition) is 14. The van der Waals surface area contributed by atoms with E-state index < -0.39 is 41.2 Å². The second kappa shape index (κ2) is 11.2. The lowest BCUT2D eigenvalue weighted by Crippen LogP contribution is -2.71. The summed E-state index contributed by atoms with van der Waals surface area (Å²) in [5.41, 5.74) is 5.80. The Bertz CT molecular complexity index is 1370. The van der Waals surface area contributed by atoms with Gasteiger partial charge in [-0.05, 0) is 16.0 Å². The lowest BCUT2D eigenvalue weighted by atomic mass is 10.0. The molecule has 2 aromatic heterocycles. The quantitative estimate of drug-likeness (QED) is 0.0854. The number of nitrogens with two attached hydrogens (primary N) is 1. The molecular weight excluding hydrogens is 562 g/mol. The molecule has 0 spiro atoms. The van der Waals surface area contributed by atoms with Gasteiger partial charge in [0.2, 0.25) is 5.16 Å². The van der Waals surface area contributed by atoms with Crippen molar-refractivity contribution >= 4 is 69.5 Å².